The number of halogens is 3. The highest BCUT2D eigenvalue weighted by Gasteiger charge is 2.33. The van der Waals surface area contributed by atoms with Crippen LogP contribution in [0.2, 0.25) is 0 Å². The first kappa shape index (κ1) is 13.7. The van der Waals surface area contributed by atoms with Crippen LogP contribution in [-0.4, -0.2) is 15.2 Å². The van der Waals surface area contributed by atoms with Crippen LogP contribution in [0.3, 0.4) is 0 Å². The van der Waals surface area contributed by atoms with Gasteiger partial charge in [-0.25, -0.2) is 4.98 Å². The minimum absolute atomic E-state index is 0.340. The van der Waals surface area contributed by atoms with E-state index in [2.05, 4.69) is 15.2 Å². The molecule has 0 radical (unpaired) electrons. The minimum Gasteiger partial charge on any atom is -0.428 e. The number of benzene rings is 1. The van der Waals surface area contributed by atoms with E-state index in [1.54, 1.807) is 24.3 Å². The van der Waals surface area contributed by atoms with Crippen molar-refractivity contribution in [1.29, 1.82) is 0 Å². The zero-order chi connectivity index (χ0) is 14.9. The first-order chi connectivity index (χ1) is 10.0. The predicted octanol–water partition coefficient (Wildman–Crippen LogP) is 3.80. The molecule has 3 rings (SSSR count). The highest BCUT2D eigenvalue weighted by atomic mass is 32.1. The van der Waals surface area contributed by atoms with Gasteiger partial charge < -0.3 is 4.42 Å². The van der Waals surface area contributed by atoms with E-state index >= 15 is 0 Å². The van der Waals surface area contributed by atoms with Gasteiger partial charge in [0.1, 0.15) is 5.01 Å². The Morgan fingerprint density at radius 3 is 2.48 bits per heavy atom. The maximum Gasteiger partial charge on any atom is 0.434 e. The van der Waals surface area contributed by atoms with Gasteiger partial charge in [-0.3, -0.25) is 0 Å². The number of nitrogens with zero attached hydrogens (tertiary/aromatic N) is 3. The van der Waals surface area contributed by atoms with Gasteiger partial charge in [0.05, 0.1) is 6.42 Å². The fraction of sp³-hybridized carbons (Fsp3) is 0.154. The van der Waals surface area contributed by atoms with Crippen molar-refractivity contribution in [2.45, 2.75) is 12.6 Å². The lowest BCUT2D eigenvalue weighted by Crippen LogP contribution is -2.04. The number of hydrogen-bond donors (Lipinski definition) is 0. The molecule has 0 unspecified atom stereocenters. The van der Waals surface area contributed by atoms with Gasteiger partial charge >= 0.3 is 6.18 Å². The molecular weight excluding hydrogens is 303 g/mol. The van der Waals surface area contributed by atoms with Gasteiger partial charge in [0, 0.05) is 10.9 Å². The summed E-state index contributed by atoms with van der Waals surface area (Å²) in [5, 5.41) is 8.70. The fourth-order valence-corrected chi connectivity index (χ4v) is 2.58. The molecule has 0 atom stereocenters. The first-order valence-electron chi connectivity index (χ1n) is 5.89. The van der Waals surface area contributed by atoms with Gasteiger partial charge in [-0.1, -0.05) is 24.3 Å². The number of thiazole rings is 1. The predicted molar refractivity (Wildman–Crippen MR) is 69.7 cm³/mol. The summed E-state index contributed by atoms with van der Waals surface area (Å²) in [6, 6.07) is 7.05. The molecule has 3 aromatic rings. The molecule has 0 amide bonds. The molecular formula is C13H8F3N3OS. The van der Waals surface area contributed by atoms with Crippen LogP contribution >= 0.6 is 11.3 Å². The monoisotopic (exact) mass is 311 g/mol. The molecule has 0 bridgehead atoms. The minimum atomic E-state index is -4.41. The van der Waals surface area contributed by atoms with Crippen LogP contribution in [0, 0.1) is 0 Å². The molecule has 0 aliphatic heterocycles. The van der Waals surface area contributed by atoms with Crippen molar-refractivity contribution >= 4 is 11.3 Å². The van der Waals surface area contributed by atoms with Crippen LogP contribution in [0.15, 0.2) is 40.5 Å². The summed E-state index contributed by atoms with van der Waals surface area (Å²) in [6.45, 7) is 0. The van der Waals surface area contributed by atoms with E-state index < -0.39 is 11.9 Å². The van der Waals surface area contributed by atoms with Crippen LogP contribution in [-0.2, 0) is 12.6 Å². The lowest BCUT2D eigenvalue weighted by molar-refractivity contribution is -0.140. The van der Waals surface area contributed by atoms with E-state index in [-0.39, 0.29) is 0 Å². The summed E-state index contributed by atoms with van der Waals surface area (Å²) in [4.78, 5) is 3.61. The molecule has 0 saturated carbocycles. The van der Waals surface area contributed by atoms with Crippen LogP contribution in [0.1, 0.15) is 17.1 Å². The molecule has 0 saturated heterocycles. The SMILES string of the molecule is FC(F)(F)c1csc(-c2ccc(Cc3nnco3)cc2)n1. The molecule has 21 heavy (non-hydrogen) atoms. The zero-order valence-corrected chi connectivity index (χ0v) is 11.3. The molecule has 0 spiro atoms. The van der Waals surface area contributed by atoms with Gasteiger partial charge in [-0.2, -0.15) is 13.2 Å². The van der Waals surface area contributed by atoms with E-state index in [0.717, 1.165) is 22.3 Å². The van der Waals surface area contributed by atoms with E-state index in [0.29, 0.717) is 22.9 Å². The number of hydrogen-bond acceptors (Lipinski definition) is 5. The van der Waals surface area contributed by atoms with Crippen molar-refractivity contribution < 1.29 is 17.6 Å². The second kappa shape index (κ2) is 5.28. The van der Waals surface area contributed by atoms with Gasteiger partial charge in [0.25, 0.3) is 0 Å². The molecule has 108 valence electrons. The van der Waals surface area contributed by atoms with Gasteiger partial charge in [0.2, 0.25) is 12.3 Å². The Balaban J connectivity index is 1.79. The fourth-order valence-electron chi connectivity index (χ4n) is 1.75. The summed E-state index contributed by atoms with van der Waals surface area (Å²) < 4.78 is 42.6. The summed E-state index contributed by atoms with van der Waals surface area (Å²) in [7, 11) is 0. The molecule has 8 heteroatoms. The van der Waals surface area contributed by atoms with Crippen LogP contribution in [0.25, 0.3) is 10.6 Å². The lowest BCUT2D eigenvalue weighted by atomic mass is 10.1. The van der Waals surface area contributed by atoms with Crippen molar-refractivity contribution in [3.8, 4) is 10.6 Å². The summed E-state index contributed by atoms with van der Waals surface area (Å²) in [5.74, 6) is 0.483. The molecule has 0 aliphatic rings. The highest BCUT2D eigenvalue weighted by molar-refractivity contribution is 7.13. The molecule has 1 aromatic carbocycles. The molecule has 0 fully saturated rings. The van der Waals surface area contributed by atoms with Crippen molar-refractivity contribution in [1.82, 2.24) is 15.2 Å². The zero-order valence-electron chi connectivity index (χ0n) is 10.5. The van der Waals surface area contributed by atoms with E-state index in [4.69, 9.17) is 4.42 Å². The van der Waals surface area contributed by atoms with E-state index in [1.807, 2.05) is 0 Å². The van der Waals surface area contributed by atoms with Crippen LogP contribution in [0.5, 0.6) is 0 Å². The largest absolute Gasteiger partial charge is 0.434 e. The normalized spacial score (nSPS) is 11.8. The summed E-state index contributed by atoms with van der Waals surface area (Å²) in [5.41, 5.74) is 0.706. The average molecular weight is 311 g/mol. The molecule has 4 nitrogen and oxygen atoms in total. The van der Waals surface area contributed by atoms with Crippen molar-refractivity contribution in [2.75, 3.05) is 0 Å². The quantitative estimate of drug-likeness (QED) is 0.738. The Hall–Kier alpha value is -2.22. The third-order valence-corrected chi connectivity index (χ3v) is 3.65. The maximum atomic E-state index is 12.5. The lowest BCUT2D eigenvalue weighted by Gasteiger charge is -2.01. The molecule has 0 N–H and O–H groups in total. The van der Waals surface area contributed by atoms with Crippen LogP contribution in [0.4, 0.5) is 13.2 Å². The molecule has 2 aromatic heterocycles. The second-order valence-electron chi connectivity index (χ2n) is 4.24. The smallest absolute Gasteiger partial charge is 0.428 e. The Bertz CT molecular complexity index is 720. The van der Waals surface area contributed by atoms with Gasteiger partial charge in [-0.05, 0) is 5.56 Å². The Kier molecular flexibility index (Phi) is 3.46. The standard InChI is InChI=1S/C13H8F3N3OS/c14-13(15,16)10-6-21-12(18-10)9-3-1-8(2-4-9)5-11-19-17-7-20-11/h1-4,6-7H,5H2. The Morgan fingerprint density at radius 2 is 1.90 bits per heavy atom. The third kappa shape index (κ3) is 3.10. The number of rotatable bonds is 3. The average Bonchev–Trinajstić information content (AvgIpc) is 3.09. The van der Waals surface area contributed by atoms with Crippen molar-refractivity contribution in [3.05, 3.63) is 53.2 Å². The topological polar surface area (TPSA) is 51.8 Å². The van der Waals surface area contributed by atoms with Gasteiger partial charge in [-0.15, -0.1) is 21.5 Å². The van der Waals surface area contributed by atoms with E-state index in [1.165, 1.54) is 6.39 Å². The Morgan fingerprint density at radius 1 is 1.14 bits per heavy atom. The van der Waals surface area contributed by atoms with Gasteiger partial charge in [0.15, 0.2) is 5.69 Å². The molecule has 2 heterocycles. The summed E-state index contributed by atoms with van der Waals surface area (Å²) in [6.07, 6.45) is -2.68. The van der Waals surface area contributed by atoms with E-state index in [9.17, 15) is 13.2 Å². The molecule has 0 aliphatic carbocycles. The van der Waals surface area contributed by atoms with Crippen LogP contribution < -0.4 is 0 Å². The Labute approximate surface area is 121 Å². The number of aromatic nitrogens is 3. The number of alkyl halides is 3. The highest BCUT2D eigenvalue weighted by Crippen LogP contribution is 2.33. The van der Waals surface area contributed by atoms with Crippen molar-refractivity contribution in [3.63, 3.8) is 0 Å². The van der Waals surface area contributed by atoms with Crippen molar-refractivity contribution in [2.24, 2.45) is 0 Å². The summed E-state index contributed by atoms with van der Waals surface area (Å²) >= 11 is 0.969. The first-order valence-corrected chi connectivity index (χ1v) is 6.77. The second-order valence-corrected chi connectivity index (χ2v) is 5.10. The third-order valence-electron chi connectivity index (χ3n) is 2.76. The maximum absolute atomic E-state index is 12.5.